The highest BCUT2D eigenvalue weighted by Crippen LogP contribution is 2.14. The van der Waals surface area contributed by atoms with Crippen molar-refractivity contribution in [1.29, 1.82) is 0 Å². The topological polar surface area (TPSA) is 57.0 Å². The maximum absolute atomic E-state index is 11.4. The lowest BCUT2D eigenvalue weighted by atomic mass is 10.1. The predicted molar refractivity (Wildman–Crippen MR) is 94.5 cm³/mol. The van der Waals surface area contributed by atoms with Gasteiger partial charge in [-0.25, -0.2) is 9.48 Å². The Morgan fingerprint density at radius 3 is 2.71 bits per heavy atom. The molecule has 0 N–H and O–H groups in total. The van der Waals surface area contributed by atoms with Crippen LogP contribution < -0.4 is 0 Å². The first-order valence-electron chi connectivity index (χ1n) is 8.47. The van der Waals surface area contributed by atoms with Crippen LogP contribution in [-0.2, 0) is 22.5 Å². The van der Waals surface area contributed by atoms with Gasteiger partial charge in [0, 0.05) is 6.08 Å². The van der Waals surface area contributed by atoms with E-state index in [9.17, 15) is 4.79 Å². The van der Waals surface area contributed by atoms with Gasteiger partial charge in [-0.05, 0) is 24.5 Å². The quantitative estimate of drug-likeness (QED) is 0.401. The third kappa shape index (κ3) is 5.33. The van der Waals surface area contributed by atoms with Crippen LogP contribution in [-0.4, -0.2) is 28.1 Å². The molecule has 0 amide bonds. The Hall–Kier alpha value is -2.43. The van der Waals surface area contributed by atoms with Gasteiger partial charge < -0.3 is 4.74 Å². The molecule has 1 aromatic heterocycles. The first-order valence-corrected chi connectivity index (χ1v) is 8.47. The molecule has 2 aromatic rings. The summed E-state index contributed by atoms with van der Waals surface area (Å²) >= 11 is 0. The number of nitrogens with zero attached hydrogens (tertiary/aromatic N) is 3. The van der Waals surface area contributed by atoms with Gasteiger partial charge in [-0.1, -0.05) is 61.7 Å². The third-order valence-electron chi connectivity index (χ3n) is 3.87. The molecule has 2 rings (SSSR count). The SMILES string of the molecule is CCCCCCc1nnn(Cc2ccccc2)c1/C=C/C(=O)OC. The summed E-state index contributed by atoms with van der Waals surface area (Å²) in [5.74, 6) is -0.376. The number of hydrogen-bond donors (Lipinski definition) is 0. The maximum atomic E-state index is 11.4. The highest BCUT2D eigenvalue weighted by atomic mass is 16.5. The number of aromatic nitrogens is 3. The molecular formula is C19H25N3O2. The van der Waals surface area contributed by atoms with Crippen LogP contribution in [0.1, 0.15) is 49.6 Å². The molecule has 24 heavy (non-hydrogen) atoms. The Bertz CT molecular complexity index is 663. The molecule has 5 nitrogen and oxygen atoms in total. The van der Waals surface area contributed by atoms with Crippen molar-refractivity contribution in [2.75, 3.05) is 7.11 Å². The zero-order valence-corrected chi connectivity index (χ0v) is 14.4. The lowest BCUT2D eigenvalue weighted by Gasteiger charge is -2.05. The average molecular weight is 327 g/mol. The van der Waals surface area contributed by atoms with Gasteiger partial charge in [-0.15, -0.1) is 5.10 Å². The Morgan fingerprint density at radius 2 is 2.00 bits per heavy atom. The molecule has 0 saturated heterocycles. The predicted octanol–water partition coefficient (Wildman–Crippen LogP) is 3.64. The van der Waals surface area contributed by atoms with Crippen molar-refractivity contribution in [2.24, 2.45) is 0 Å². The third-order valence-corrected chi connectivity index (χ3v) is 3.87. The Labute approximate surface area is 143 Å². The van der Waals surface area contributed by atoms with Gasteiger partial charge in [-0.2, -0.15) is 0 Å². The largest absolute Gasteiger partial charge is 0.466 e. The summed E-state index contributed by atoms with van der Waals surface area (Å²) < 4.78 is 6.52. The van der Waals surface area contributed by atoms with Gasteiger partial charge in [-0.3, -0.25) is 0 Å². The molecule has 5 heteroatoms. The van der Waals surface area contributed by atoms with Crippen LogP contribution in [0.3, 0.4) is 0 Å². The van der Waals surface area contributed by atoms with Crippen LogP contribution in [0.5, 0.6) is 0 Å². The van der Waals surface area contributed by atoms with Gasteiger partial charge in [0.15, 0.2) is 0 Å². The van der Waals surface area contributed by atoms with Gasteiger partial charge in [0.2, 0.25) is 0 Å². The highest BCUT2D eigenvalue weighted by molar-refractivity contribution is 5.86. The van der Waals surface area contributed by atoms with Crippen molar-refractivity contribution in [3.8, 4) is 0 Å². The van der Waals surface area contributed by atoms with E-state index in [1.54, 1.807) is 6.08 Å². The van der Waals surface area contributed by atoms with E-state index >= 15 is 0 Å². The molecule has 1 aromatic carbocycles. The van der Waals surface area contributed by atoms with Crippen molar-refractivity contribution in [3.63, 3.8) is 0 Å². The minimum atomic E-state index is -0.376. The second-order valence-electron chi connectivity index (χ2n) is 5.73. The van der Waals surface area contributed by atoms with Gasteiger partial charge >= 0.3 is 5.97 Å². The van der Waals surface area contributed by atoms with Crippen LogP contribution in [0.2, 0.25) is 0 Å². The highest BCUT2D eigenvalue weighted by Gasteiger charge is 2.11. The zero-order chi connectivity index (χ0) is 17.2. The molecular weight excluding hydrogens is 302 g/mol. The van der Waals surface area contributed by atoms with Gasteiger partial charge in [0.05, 0.1) is 25.0 Å². The van der Waals surface area contributed by atoms with Crippen LogP contribution in [0.15, 0.2) is 36.4 Å². The first kappa shape index (κ1) is 17.9. The monoisotopic (exact) mass is 327 g/mol. The molecule has 0 bridgehead atoms. The van der Waals surface area contributed by atoms with E-state index in [0.717, 1.165) is 29.8 Å². The lowest BCUT2D eigenvalue weighted by Crippen LogP contribution is -2.05. The number of carbonyl (C=O) groups is 1. The van der Waals surface area contributed by atoms with E-state index in [1.165, 1.54) is 32.4 Å². The van der Waals surface area contributed by atoms with Gasteiger partial charge in [0.25, 0.3) is 0 Å². The summed E-state index contributed by atoms with van der Waals surface area (Å²) in [5.41, 5.74) is 2.95. The van der Waals surface area contributed by atoms with Crippen LogP contribution in [0, 0.1) is 0 Å². The number of ether oxygens (including phenoxy) is 1. The number of benzene rings is 1. The van der Waals surface area contributed by atoms with E-state index in [1.807, 2.05) is 22.9 Å². The number of methoxy groups -OCH3 is 1. The lowest BCUT2D eigenvalue weighted by molar-refractivity contribution is -0.134. The summed E-state index contributed by atoms with van der Waals surface area (Å²) in [4.78, 5) is 11.4. The fourth-order valence-corrected chi connectivity index (χ4v) is 2.52. The molecule has 0 spiro atoms. The van der Waals surface area contributed by atoms with E-state index in [-0.39, 0.29) is 5.97 Å². The summed E-state index contributed by atoms with van der Waals surface area (Å²) in [7, 11) is 1.37. The molecule has 0 aliphatic heterocycles. The van der Waals surface area contributed by atoms with E-state index in [2.05, 4.69) is 34.1 Å². The smallest absolute Gasteiger partial charge is 0.330 e. The first-order chi connectivity index (χ1) is 11.7. The summed E-state index contributed by atoms with van der Waals surface area (Å²) in [6, 6.07) is 10.1. The second-order valence-corrected chi connectivity index (χ2v) is 5.73. The Kier molecular flexibility index (Phi) is 7.21. The Morgan fingerprint density at radius 1 is 1.21 bits per heavy atom. The molecule has 0 saturated carbocycles. The fraction of sp³-hybridized carbons (Fsp3) is 0.421. The average Bonchev–Trinajstić information content (AvgIpc) is 2.99. The molecule has 0 atom stereocenters. The summed E-state index contributed by atoms with van der Waals surface area (Å²) in [6.07, 6.45) is 8.75. The number of hydrogen-bond acceptors (Lipinski definition) is 4. The standard InChI is InChI=1S/C19H25N3O2/c1-3-4-5-9-12-17-18(13-14-19(23)24-2)22(21-20-17)15-16-10-7-6-8-11-16/h6-8,10-11,13-14H,3-5,9,12,15H2,1-2H3/b14-13+. The summed E-state index contributed by atoms with van der Waals surface area (Å²) in [6.45, 7) is 2.82. The molecule has 0 radical (unpaired) electrons. The van der Waals surface area contributed by atoms with Gasteiger partial charge in [0.1, 0.15) is 0 Å². The number of unbranched alkanes of at least 4 members (excludes halogenated alkanes) is 3. The number of aryl methyl sites for hydroxylation is 1. The van der Waals surface area contributed by atoms with E-state index in [0.29, 0.717) is 6.54 Å². The molecule has 0 fully saturated rings. The molecule has 0 aliphatic carbocycles. The molecule has 128 valence electrons. The molecule has 0 aliphatic rings. The van der Waals surface area contributed by atoms with Crippen LogP contribution in [0.4, 0.5) is 0 Å². The van der Waals surface area contributed by atoms with Crippen molar-refractivity contribution in [2.45, 2.75) is 45.6 Å². The van der Waals surface area contributed by atoms with Crippen LogP contribution >= 0.6 is 0 Å². The van der Waals surface area contributed by atoms with Crippen LogP contribution in [0.25, 0.3) is 6.08 Å². The van der Waals surface area contributed by atoms with Crippen molar-refractivity contribution < 1.29 is 9.53 Å². The Balaban J connectivity index is 2.17. The number of carbonyl (C=O) groups excluding carboxylic acids is 1. The number of esters is 1. The fourth-order valence-electron chi connectivity index (χ4n) is 2.52. The molecule has 1 heterocycles. The zero-order valence-electron chi connectivity index (χ0n) is 14.4. The van der Waals surface area contributed by atoms with Crippen molar-refractivity contribution >= 4 is 12.0 Å². The van der Waals surface area contributed by atoms with Crippen molar-refractivity contribution in [3.05, 3.63) is 53.4 Å². The van der Waals surface area contributed by atoms with Crippen molar-refractivity contribution in [1.82, 2.24) is 15.0 Å². The normalized spacial score (nSPS) is 11.1. The second kappa shape index (κ2) is 9.65. The molecule has 0 unspecified atom stereocenters. The van der Waals surface area contributed by atoms with E-state index in [4.69, 9.17) is 0 Å². The minimum Gasteiger partial charge on any atom is -0.466 e. The van der Waals surface area contributed by atoms with E-state index < -0.39 is 0 Å². The summed E-state index contributed by atoms with van der Waals surface area (Å²) in [5, 5.41) is 8.60. The number of rotatable bonds is 9. The minimum absolute atomic E-state index is 0.376. The maximum Gasteiger partial charge on any atom is 0.330 e.